The van der Waals surface area contributed by atoms with E-state index in [1.807, 2.05) is 24.3 Å². The fourth-order valence-corrected chi connectivity index (χ4v) is 3.24. The maximum absolute atomic E-state index is 5.59. The summed E-state index contributed by atoms with van der Waals surface area (Å²) in [6.07, 6.45) is 4.94. The van der Waals surface area contributed by atoms with E-state index in [0.717, 1.165) is 22.7 Å². The lowest BCUT2D eigenvalue weighted by Crippen LogP contribution is -2.05. The van der Waals surface area contributed by atoms with E-state index in [4.69, 9.17) is 4.52 Å². The highest BCUT2D eigenvalue weighted by atomic mass is 16.5. The van der Waals surface area contributed by atoms with Crippen LogP contribution in [-0.4, -0.2) is 9.72 Å². The lowest BCUT2D eigenvalue weighted by molar-refractivity contribution is 0.432. The van der Waals surface area contributed by atoms with Crippen LogP contribution in [-0.2, 0) is 19.9 Å². The highest BCUT2D eigenvalue weighted by molar-refractivity contribution is 5.66. The van der Waals surface area contributed by atoms with Crippen LogP contribution in [0.25, 0.3) is 22.7 Å². The molecule has 4 rings (SSSR count). The summed E-state index contributed by atoms with van der Waals surface area (Å²) in [6.45, 7) is 0. The molecule has 0 bridgehead atoms. The van der Waals surface area contributed by atoms with E-state index < -0.39 is 0 Å². The van der Waals surface area contributed by atoms with E-state index >= 15 is 0 Å². The van der Waals surface area contributed by atoms with Crippen molar-refractivity contribution in [3.05, 3.63) is 53.7 Å². The fraction of sp³-hybridized carbons (Fsp3) is 0.278. The Morgan fingerprint density at radius 1 is 1.05 bits per heavy atom. The smallest absolute Gasteiger partial charge is 0.183 e. The first-order valence-corrected chi connectivity index (χ1v) is 7.53. The molecule has 0 radical (unpaired) electrons. The number of rotatable bonds is 2. The van der Waals surface area contributed by atoms with E-state index in [2.05, 4.69) is 35.0 Å². The van der Waals surface area contributed by atoms with Gasteiger partial charge in [0.2, 0.25) is 0 Å². The molecule has 0 unspecified atom stereocenters. The largest absolute Gasteiger partial charge is 0.354 e. The molecule has 1 aliphatic rings. The van der Waals surface area contributed by atoms with Gasteiger partial charge in [-0.15, -0.1) is 0 Å². The summed E-state index contributed by atoms with van der Waals surface area (Å²) >= 11 is 0. The standard InChI is InChI=1S/C18H18N2O/c1-20-16-10-6-5-9-14(16)11-17(20)18-12-15(19-21-18)13-7-3-2-4-8-13/h2-4,7-8,11-12H,5-6,9-10H2,1H3. The number of aryl methyl sites for hydroxylation is 1. The summed E-state index contributed by atoms with van der Waals surface area (Å²) in [5, 5.41) is 4.22. The van der Waals surface area contributed by atoms with Crippen LogP contribution in [0, 0.1) is 0 Å². The van der Waals surface area contributed by atoms with Crippen LogP contribution in [0.3, 0.4) is 0 Å². The van der Waals surface area contributed by atoms with Crippen molar-refractivity contribution < 1.29 is 4.52 Å². The van der Waals surface area contributed by atoms with Gasteiger partial charge in [0.1, 0.15) is 5.69 Å². The highest BCUT2D eigenvalue weighted by Crippen LogP contribution is 2.32. The zero-order chi connectivity index (χ0) is 14.2. The molecule has 0 N–H and O–H groups in total. The zero-order valence-electron chi connectivity index (χ0n) is 12.2. The van der Waals surface area contributed by atoms with Crippen molar-refractivity contribution in [3.63, 3.8) is 0 Å². The van der Waals surface area contributed by atoms with Gasteiger partial charge in [0.05, 0.1) is 5.69 Å². The summed E-state index contributed by atoms with van der Waals surface area (Å²) in [4.78, 5) is 0. The molecule has 3 aromatic rings. The molecule has 0 aliphatic heterocycles. The summed E-state index contributed by atoms with van der Waals surface area (Å²) < 4.78 is 7.86. The Morgan fingerprint density at radius 2 is 1.86 bits per heavy atom. The predicted molar refractivity (Wildman–Crippen MR) is 83.0 cm³/mol. The van der Waals surface area contributed by atoms with E-state index in [9.17, 15) is 0 Å². The van der Waals surface area contributed by atoms with Gasteiger partial charge in [-0.2, -0.15) is 0 Å². The van der Waals surface area contributed by atoms with Crippen molar-refractivity contribution in [3.8, 4) is 22.7 Å². The molecule has 0 spiro atoms. The Hall–Kier alpha value is -2.29. The van der Waals surface area contributed by atoms with Crippen LogP contribution in [0.15, 0.2) is 47.0 Å². The Labute approximate surface area is 124 Å². The van der Waals surface area contributed by atoms with Crippen molar-refractivity contribution in [2.24, 2.45) is 7.05 Å². The first-order valence-electron chi connectivity index (χ1n) is 7.53. The molecular weight excluding hydrogens is 260 g/mol. The molecule has 0 atom stereocenters. The van der Waals surface area contributed by atoms with E-state index in [1.165, 1.54) is 36.9 Å². The third kappa shape index (κ3) is 2.09. The molecule has 0 saturated carbocycles. The topological polar surface area (TPSA) is 31.0 Å². The minimum atomic E-state index is 0.853. The SMILES string of the molecule is Cn1c(-c2cc(-c3ccccc3)no2)cc2c1CCCC2. The van der Waals surface area contributed by atoms with Gasteiger partial charge in [0.25, 0.3) is 0 Å². The van der Waals surface area contributed by atoms with Gasteiger partial charge in [-0.1, -0.05) is 35.5 Å². The summed E-state index contributed by atoms with van der Waals surface area (Å²) in [7, 11) is 2.13. The van der Waals surface area contributed by atoms with Gasteiger partial charge in [-0.3, -0.25) is 0 Å². The zero-order valence-corrected chi connectivity index (χ0v) is 12.2. The molecule has 1 aliphatic carbocycles. The molecule has 3 nitrogen and oxygen atoms in total. The fourth-order valence-electron chi connectivity index (χ4n) is 3.24. The molecule has 1 aromatic carbocycles. The van der Waals surface area contributed by atoms with Gasteiger partial charge in [-0.25, -0.2) is 0 Å². The quantitative estimate of drug-likeness (QED) is 0.702. The molecule has 2 heterocycles. The van der Waals surface area contributed by atoms with Crippen LogP contribution in [0.2, 0.25) is 0 Å². The number of hydrogen-bond acceptors (Lipinski definition) is 2. The first-order chi connectivity index (χ1) is 10.3. The van der Waals surface area contributed by atoms with Crippen LogP contribution < -0.4 is 0 Å². The van der Waals surface area contributed by atoms with E-state index in [0.29, 0.717) is 0 Å². The monoisotopic (exact) mass is 278 g/mol. The molecule has 3 heteroatoms. The summed E-state index contributed by atoms with van der Waals surface area (Å²) in [6, 6.07) is 14.5. The number of benzene rings is 1. The number of fused-ring (bicyclic) bond motifs is 1. The maximum Gasteiger partial charge on any atom is 0.183 e. The lowest BCUT2D eigenvalue weighted by Gasteiger charge is -2.12. The van der Waals surface area contributed by atoms with Crippen LogP contribution in [0.5, 0.6) is 0 Å². The molecular formula is C18H18N2O. The average molecular weight is 278 g/mol. The minimum absolute atomic E-state index is 0.853. The van der Waals surface area contributed by atoms with E-state index in [1.54, 1.807) is 0 Å². The predicted octanol–water partition coefficient (Wildman–Crippen LogP) is 4.23. The van der Waals surface area contributed by atoms with Crippen molar-refractivity contribution in [1.82, 2.24) is 9.72 Å². The molecule has 106 valence electrons. The summed E-state index contributed by atoms with van der Waals surface area (Å²) in [5.41, 5.74) is 6.04. The molecule has 0 amide bonds. The molecule has 2 aromatic heterocycles. The van der Waals surface area contributed by atoms with Gasteiger partial charge >= 0.3 is 0 Å². The Morgan fingerprint density at radius 3 is 2.67 bits per heavy atom. The van der Waals surface area contributed by atoms with Crippen molar-refractivity contribution in [2.45, 2.75) is 25.7 Å². The summed E-state index contributed by atoms with van der Waals surface area (Å²) in [5.74, 6) is 0.853. The van der Waals surface area contributed by atoms with Gasteiger partial charge < -0.3 is 9.09 Å². The Bertz CT molecular complexity index is 768. The van der Waals surface area contributed by atoms with Gasteiger partial charge in [0, 0.05) is 24.4 Å². The second-order valence-corrected chi connectivity index (χ2v) is 5.71. The molecule has 0 saturated heterocycles. The average Bonchev–Trinajstić information content (AvgIpc) is 3.14. The third-order valence-electron chi connectivity index (χ3n) is 4.39. The van der Waals surface area contributed by atoms with E-state index in [-0.39, 0.29) is 0 Å². The Kier molecular flexibility index (Phi) is 2.92. The Balaban J connectivity index is 1.75. The molecule has 21 heavy (non-hydrogen) atoms. The third-order valence-corrected chi connectivity index (χ3v) is 4.39. The molecule has 0 fully saturated rings. The highest BCUT2D eigenvalue weighted by Gasteiger charge is 2.19. The normalized spacial score (nSPS) is 14.1. The maximum atomic E-state index is 5.59. The van der Waals surface area contributed by atoms with Crippen molar-refractivity contribution >= 4 is 0 Å². The first kappa shape index (κ1) is 12.5. The van der Waals surface area contributed by atoms with Crippen LogP contribution >= 0.6 is 0 Å². The van der Waals surface area contributed by atoms with Crippen molar-refractivity contribution in [1.29, 1.82) is 0 Å². The second-order valence-electron chi connectivity index (χ2n) is 5.71. The van der Waals surface area contributed by atoms with Gasteiger partial charge in [-0.05, 0) is 37.3 Å². The number of hydrogen-bond donors (Lipinski definition) is 0. The number of nitrogens with zero attached hydrogens (tertiary/aromatic N) is 2. The van der Waals surface area contributed by atoms with Crippen molar-refractivity contribution in [2.75, 3.05) is 0 Å². The van der Waals surface area contributed by atoms with Gasteiger partial charge in [0.15, 0.2) is 5.76 Å². The second kappa shape index (κ2) is 4.92. The minimum Gasteiger partial charge on any atom is -0.354 e. The number of aromatic nitrogens is 2. The van der Waals surface area contributed by atoms with Crippen LogP contribution in [0.4, 0.5) is 0 Å². The van der Waals surface area contributed by atoms with Crippen LogP contribution in [0.1, 0.15) is 24.1 Å². The lowest BCUT2D eigenvalue weighted by atomic mass is 9.98.